The summed E-state index contributed by atoms with van der Waals surface area (Å²) >= 11 is 6.10. The lowest BCUT2D eigenvalue weighted by Gasteiger charge is -2.11. The number of hydrogen-bond acceptors (Lipinski definition) is 3. The lowest BCUT2D eigenvalue weighted by Crippen LogP contribution is -2.32. The second-order valence-electron chi connectivity index (χ2n) is 6.37. The number of benzene rings is 2. The number of nitrogens with zero attached hydrogens (tertiary/aromatic N) is 3. The quantitative estimate of drug-likeness (QED) is 0.704. The van der Waals surface area contributed by atoms with Crippen molar-refractivity contribution in [3.8, 4) is 16.9 Å². The molecule has 0 aliphatic rings. The summed E-state index contributed by atoms with van der Waals surface area (Å²) in [5.41, 5.74) is 2.36. The first-order valence-electron chi connectivity index (χ1n) is 8.49. The van der Waals surface area contributed by atoms with Gasteiger partial charge in [-0.15, -0.1) is 0 Å². The highest BCUT2D eigenvalue weighted by Gasteiger charge is 2.17. The maximum absolute atomic E-state index is 13.2. The van der Waals surface area contributed by atoms with Gasteiger partial charge >= 0.3 is 0 Å². The van der Waals surface area contributed by atoms with E-state index < -0.39 is 0 Å². The van der Waals surface area contributed by atoms with Crippen molar-refractivity contribution >= 4 is 17.5 Å². The van der Waals surface area contributed by atoms with E-state index in [1.54, 1.807) is 41.1 Å². The summed E-state index contributed by atoms with van der Waals surface area (Å²) in [7, 11) is 3.88. The first-order chi connectivity index (χ1) is 12.9. The Labute approximate surface area is 162 Å². The molecule has 1 N–H and O–H groups in total. The van der Waals surface area contributed by atoms with E-state index in [2.05, 4.69) is 10.4 Å². The predicted octanol–water partition coefficient (Wildman–Crippen LogP) is 3.62. The number of rotatable bonds is 6. The summed E-state index contributed by atoms with van der Waals surface area (Å²) in [5.74, 6) is -0.563. The lowest BCUT2D eigenvalue weighted by molar-refractivity contribution is 0.0943. The van der Waals surface area contributed by atoms with Crippen LogP contribution >= 0.6 is 11.6 Å². The van der Waals surface area contributed by atoms with E-state index in [9.17, 15) is 9.18 Å². The molecule has 0 spiro atoms. The third-order valence-electron chi connectivity index (χ3n) is 3.98. The Morgan fingerprint density at radius 1 is 1.19 bits per heavy atom. The van der Waals surface area contributed by atoms with Gasteiger partial charge in [-0.1, -0.05) is 17.7 Å². The maximum Gasteiger partial charge on any atom is 0.270 e. The Hall–Kier alpha value is -2.70. The molecule has 1 heterocycles. The number of halogens is 2. The van der Waals surface area contributed by atoms with Crippen molar-refractivity contribution in [2.75, 3.05) is 27.2 Å². The maximum atomic E-state index is 13.2. The first kappa shape index (κ1) is 19.1. The van der Waals surface area contributed by atoms with Gasteiger partial charge in [0.1, 0.15) is 11.5 Å². The molecule has 0 aliphatic heterocycles. The lowest BCUT2D eigenvalue weighted by atomic mass is 10.1. The second-order valence-corrected chi connectivity index (χ2v) is 6.81. The van der Waals surface area contributed by atoms with Gasteiger partial charge in [0, 0.05) is 23.7 Å². The third kappa shape index (κ3) is 4.72. The minimum atomic E-state index is -0.324. The molecule has 2 aromatic carbocycles. The van der Waals surface area contributed by atoms with E-state index in [-0.39, 0.29) is 11.7 Å². The number of hydrogen-bond donors (Lipinski definition) is 1. The Morgan fingerprint density at radius 3 is 2.59 bits per heavy atom. The minimum absolute atomic E-state index is 0.238. The molecule has 5 nitrogen and oxygen atoms in total. The molecule has 0 fully saturated rings. The van der Waals surface area contributed by atoms with Crippen molar-refractivity contribution in [2.45, 2.75) is 0 Å². The molecule has 0 saturated carbocycles. The van der Waals surface area contributed by atoms with Crippen LogP contribution < -0.4 is 5.32 Å². The molecule has 0 bridgehead atoms. The summed E-state index contributed by atoms with van der Waals surface area (Å²) in [6.45, 7) is 1.24. The van der Waals surface area contributed by atoms with Crippen LogP contribution in [0.15, 0.2) is 54.6 Å². The van der Waals surface area contributed by atoms with E-state index in [4.69, 9.17) is 11.6 Å². The van der Waals surface area contributed by atoms with Gasteiger partial charge in [-0.3, -0.25) is 4.79 Å². The fourth-order valence-electron chi connectivity index (χ4n) is 2.59. The Morgan fingerprint density at radius 2 is 1.93 bits per heavy atom. The van der Waals surface area contributed by atoms with Gasteiger partial charge in [0.25, 0.3) is 5.91 Å². The van der Waals surface area contributed by atoms with Crippen LogP contribution in [0.2, 0.25) is 5.02 Å². The number of aromatic nitrogens is 2. The zero-order chi connectivity index (χ0) is 19.4. The first-order valence-corrected chi connectivity index (χ1v) is 8.87. The van der Waals surface area contributed by atoms with Crippen LogP contribution in [-0.4, -0.2) is 47.8 Å². The van der Waals surface area contributed by atoms with Gasteiger partial charge in [-0.05, 0) is 62.6 Å². The van der Waals surface area contributed by atoms with Crippen LogP contribution in [0.4, 0.5) is 4.39 Å². The van der Waals surface area contributed by atoms with Crippen molar-refractivity contribution in [1.82, 2.24) is 20.0 Å². The highest BCUT2D eigenvalue weighted by molar-refractivity contribution is 6.30. The van der Waals surface area contributed by atoms with E-state index in [1.165, 1.54) is 12.1 Å². The van der Waals surface area contributed by atoms with E-state index in [0.29, 0.717) is 28.6 Å². The van der Waals surface area contributed by atoms with Gasteiger partial charge in [-0.25, -0.2) is 9.07 Å². The normalized spacial score (nSPS) is 11.0. The zero-order valence-electron chi connectivity index (χ0n) is 15.1. The third-order valence-corrected chi connectivity index (χ3v) is 4.21. The topological polar surface area (TPSA) is 50.2 Å². The zero-order valence-corrected chi connectivity index (χ0v) is 15.9. The van der Waals surface area contributed by atoms with Crippen LogP contribution in [-0.2, 0) is 0 Å². The fraction of sp³-hybridized carbons (Fsp3) is 0.200. The van der Waals surface area contributed by atoms with E-state index >= 15 is 0 Å². The molecule has 140 valence electrons. The van der Waals surface area contributed by atoms with Crippen LogP contribution in [0.1, 0.15) is 10.5 Å². The molecule has 0 aliphatic carbocycles. The van der Waals surface area contributed by atoms with E-state index in [0.717, 1.165) is 12.1 Å². The fourth-order valence-corrected chi connectivity index (χ4v) is 2.78. The number of carbonyl (C=O) groups excluding carboxylic acids is 1. The van der Waals surface area contributed by atoms with Crippen molar-refractivity contribution in [1.29, 1.82) is 0 Å². The number of likely N-dealkylation sites (N-methyl/N-ethyl adjacent to an activating group) is 1. The highest BCUT2D eigenvalue weighted by atomic mass is 35.5. The monoisotopic (exact) mass is 386 g/mol. The standard InChI is InChI=1S/C20H20ClFN4O/c1-25(2)11-10-23-20(27)19-13-18(14-6-8-16(22)9-7-14)24-26(19)17-5-3-4-15(21)12-17/h3-9,12-13H,10-11H2,1-2H3,(H,23,27). The number of carbonyl (C=O) groups is 1. The van der Waals surface area contributed by atoms with E-state index in [1.807, 2.05) is 25.1 Å². The summed E-state index contributed by atoms with van der Waals surface area (Å²) in [6, 6.07) is 14.8. The summed E-state index contributed by atoms with van der Waals surface area (Å²) in [6.07, 6.45) is 0. The number of amides is 1. The summed E-state index contributed by atoms with van der Waals surface area (Å²) < 4.78 is 14.8. The molecule has 3 rings (SSSR count). The van der Waals surface area contributed by atoms with Crippen molar-refractivity contribution < 1.29 is 9.18 Å². The SMILES string of the molecule is CN(C)CCNC(=O)c1cc(-c2ccc(F)cc2)nn1-c1cccc(Cl)c1. The smallest absolute Gasteiger partial charge is 0.270 e. The van der Waals surface area contributed by atoms with Gasteiger partial charge in [0.2, 0.25) is 0 Å². The second kappa shape index (κ2) is 8.33. The predicted molar refractivity (Wildman–Crippen MR) is 105 cm³/mol. The Balaban J connectivity index is 1.98. The molecule has 0 unspecified atom stereocenters. The molecular weight excluding hydrogens is 367 g/mol. The molecule has 7 heteroatoms. The van der Waals surface area contributed by atoms with Gasteiger partial charge in [-0.2, -0.15) is 5.10 Å². The molecule has 0 atom stereocenters. The highest BCUT2D eigenvalue weighted by Crippen LogP contribution is 2.23. The molecule has 1 amide bonds. The molecule has 0 radical (unpaired) electrons. The van der Waals surface area contributed by atoms with Crippen LogP contribution in [0.5, 0.6) is 0 Å². The van der Waals surface area contributed by atoms with Crippen molar-refractivity contribution in [2.24, 2.45) is 0 Å². The average molecular weight is 387 g/mol. The summed E-state index contributed by atoms with van der Waals surface area (Å²) in [4.78, 5) is 14.7. The average Bonchev–Trinajstić information content (AvgIpc) is 3.07. The molecule has 0 saturated heterocycles. The van der Waals surface area contributed by atoms with Crippen LogP contribution in [0.3, 0.4) is 0 Å². The van der Waals surface area contributed by atoms with Crippen LogP contribution in [0, 0.1) is 5.82 Å². The molecule has 27 heavy (non-hydrogen) atoms. The van der Waals surface area contributed by atoms with Gasteiger partial charge in [0.05, 0.1) is 11.4 Å². The minimum Gasteiger partial charge on any atom is -0.349 e. The molecule has 3 aromatic rings. The summed E-state index contributed by atoms with van der Waals surface area (Å²) in [5, 5.41) is 7.99. The number of nitrogens with one attached hydrogen (secondary N) is 1. The molecular formula is C20H20ClFN4O. The Bertz CT molecular complexity index is 937. The van der Waals surface area contributed by atoms with Crippen molar-refractivity contribution in [3.63, 3.8) is 0 Å². The Kier molecular flexibility index (Phi) is 5.88. The van der Waals surface area contributed by atoms with Crippen LogP contribution in [0.25, 0.3) is 16.9 Å². The molecule has 1 aromatic heterocycles. The largest absolute Gasteiger partial charge is 0.349 e. The van der Waals surface area contributed by atoms with Crippen molar-refractivity contribution in [3.05, 3.63) is 71.1 Å². The van der Waals surface area contributed by atoms with Gasteiger partial charge in [0.15, 0.2) is 0 Å². The van der Waals surface area contributed by atoms with Gasteiger partial charge < -0.3 is 10.2 Å².